The van der Waals surface area contributed by atoms with Crippen LogP contribution in [0.5, 0.6) is 0 Å². The second kappa shape index (κ2) is 7.61. The zero-order chi connectivity index (χ0) is 17.7. The maximum atomic E-state index is 12.7. The van der Waals surface area contributed by atoms with Crippen molar-refractivity contribution in [2.45, 2.75) is 18.4 Å². The van der Waals surface area contributed by atoms with Gasteiger partial charge in [-0.3, -0.25) is 9.59 Å². The Bertz CT molecular complexity index is 816. The van der Waals surface area contributed by atoms with Gasteiger partial charge >= 0.3 is 0 Å². The van der Waals surface area contributed by atoms with Crippen LogP contribution < -0.4 is 5.32 Å². The third-order valence-corrected chi connectivity index (χ3v) is 4.95. The quantitative estimate of drug-likeness (QED) is 0.753. The minimum atomic E-state index is -3.96. The Hall–Kier alpha value is -2.16. The predicted molar refractivity (Wildman–Crippen MR) is 87.9 cm³/mol. The summed E-state index contributed by atoms with van der Waals surface area (Å²) in [6, 6.07) is 8.82. The summed E-state index contributed by atoms with van der Waals surface area (Å²) >= 11 is 5.37. The van der Waals surface area contributed by atoms with E-state index in [1.807, 2.05) is 0 Å². The van der Waals surface area contributed by atoms with Crippen molar-refractivity contribution in [2.75, 3.05) is 11.9 Å². The van der Waals surface area contributed by atoms with Crippen LogP contribution >= 0.6 is 11.6 Å². The summed E-state index contributed by atoms with van der Waals surface area (Å²) in [5.41, 5.74) is 0.465. The lowest BCUT2D eigenvalue weighted by Gasteiger charge is -2.19. The summed E-state index contributed by atoms with van der Waals surface area (Å²) < 4.78 is 31.5. The molecule has 0 aliphatic carbocycles. The van der Waals surface area contributed by atoms with Crippen LogP contribution in [0.2, 0.25) is 0 Å². The molecule has 1 aromatic heterocycles. The highest BCUT2D eigenvalue weighted by atomic mass is 35.5. The number of nitrogens with one attached hydrogen (secondary N) is 1. The van der Waals surface area contributed by atoms with Crippen LogP contribution in [0.25, 0.3) is 0 Å². The third kappa shape index (κ3) is 4.67. The molecular formula is C15H15ClN2O5S. The highest BCUT2D eigenvalue weighted by Gasteiger charge is 2.27. The number of halogens is 1. The monoisotopic (exact) mass is 370 g/mol. The van der Waals surface area contributed by atoms with Crippen molar-refractivity contribution < 1.29 is 22.4 Å². The first kappa shape index (κ1) is 18.2. The average Bonchev–Trinajstić information content (AvgIpc) is 2.99. The molecule has 1 N–H and O–H groups in total. The highest BCUT2D eigenvalue weighted by Crippen LogP contribution is 2.21. The zero-order valence-electron chi connectivity index (χ0n) is 12.7. The SMILES string of the molecule is CC(=O)Nc1ccc(S(=O)(=O)N(CC(=O)Cl)Cc2ccco2)cc1. The molecule has 9 heteroatoms. The lowest BCUT2D eigenvalue weighted by atomic mass is 10.3. The van der Waals surface area contributed by atoms with E-state index in [1.165, 1.54) is 37.5 Å². The molecule has 1 heterocycles. The summed E-state index contributed by atoms with van der Waals surface area (Å²) in [6.07, 6.45) is 1.41. The number of amides is 1. The molecule has 0 unspecified atom stereocenters. The molecule has 0 spiro atoms. The van der Waals surface area contributed by atoms with Gasteiger partial charge in [-0.15, -0.1) is 0 Å². The maximum Gasteiger partial charge on any atom is 0.243 e. The topological polar surface area (TPSA) is 96.7 Å². The fraction of sp³-hybridized carbons (Fsp3) is 0.200. The van der Waals surface area contributed by atoms with Gasteiger partial charge in [0.1, 0.15) is 5.76 Å². The number of sulfonamides is 1. The molecule has 0 radical (unpaired) electrons. The second-order valence-electron chi connectivity index (χ2n) is 4.91. The van der Waals surface area contributed by atoms with Crippen LogP contribution in [0.15, 0.2) is 52.0 Å². The van der Waals surface area contributed by atoms with Crippen LogP contribution in [-0.4, -0.2) is 30.4 Å². The molecule has 0 aliphatic rings. The molecule has 128 valence electrons. The number of carbonyl (C=O) groups excluding carboxylic acids is 2. The number of hydrogen-bond donors (Lipinski definition) is 1. The van der Waals surface area contributed by atoms with Crippen molar-refractivity contribution in [3.05, 3.63) is 48.4 Å². The molecular weight excluding hydrogens is 356 g/mol. The number of nitrogens with zero attached hydrogens (tertiary/aromatic N) is 1. The first-order valence-corrected chi connectivity index (χ1v) is 8.69. The van der Waals surface area contributed by atoms with Crippen LogP contribution in [0, 0.1) is 0 Å². The van der Waals surface area contributed by atoms with Crippen LogP contribution in [0.1, 0.15) is 12.7 Å². The molecule has 0 bridgehead atoms. The van der Waals surface area contributed by atoms with Gasteiger partial charge in [0.25, 0.3) is 0 Å². The van der Waals surface area contributed by atoms with E-state index in [1.54, 1.807) is 12.1 Å². The van der Waals surface area contributed by atoms with Crippen molar-refractivity contribution in [1.82, 2.24) is 4.31 Å². The van der Waals surface area contributed by atoms with Gasteiger partial charge in [-0.2, -0.15) is 4.31 Å². The van der Waals surface area contributed by atoms with Crippen molar-refractivity contribution in [1.29, 1.82) is 0 Å². The molecule has 2 rings (SSSR count). The molecule has 7 nitrogen and oxygen atoms in total. The fourth-order valence-electron chi connectivity index (χ4n) is 2.00. The summed E-state index contributed by atoms with van der Waals surface area (Å²) in [7, 11) is -3.96. The Labute approximate surface area is 144 Å². The van der Waals surface area contributed by atoms with Crippen LogP contribution in [0.3, 0.4) is 0 Å². The predicted octanol–water partition coefficient (Wildman–Crippen LogP) is 2.19. The minimum Gasteiger partial charge on any atom is -0.468 e. The zero-order valence-corrected chi connectivity index (χ0v) is 14.3. The molecule has 2 aromatic rings. The van der Waals surface area contributed by atoms with Gasteiger partial charge in [-0.25, -0.2) is 8.42 Å². The largest absolute Gasteiger partial charge is 0.468 e. The Morgan fingerprint density at radius 1 is 1.21 bits per heavy atom. The van der Waals surface area contributed by atoms with Gasteiger partial charge in [0.15, 0.2) is 0 Å². The smallest absolute Gasteiger partial charge is 0.243 e. The molecule has 0 saturated heterocycles. The van der Waals surface area contributed by atoms with E-state index in [2.05, 4.69) is 5.32 Å². The van der Waals surface area contributed by atoms with E-state index in [0.29, 0.717) is 11.4 Å². The molecule has 0 fully saturated rings. The highest BCUT2D eigenvalue weighted by molar-refractivity contribution is 7.89. The van der Waals surface area contributed by atoms with Crippen molar-refractivity contribution in [3.8, 4) is 0 Å². The van der Waals surface area contributed by atoms with E-state index >= 15 is 0 Å². The Balaban J connectivity index is 2.29. The number of rotatable bonds is 7. The van der Waals surface area contributed by atoms with Crippen LogP contribution in [-0.2, 0) is 26.2 Å². The van der Waals surface area contributed by atoms with Crippen molar-refractivity contribution in [3.63, 3.8) is 0 Å². The molecule has 1 aromatic carbocycles. The van der Waals surface area contributed by atoms with Gasteiger partial charge in [-0.1, -0.05) is 0 Å². The van der Waals surface area contributed by atoms with Gasteiger partial charge < -0.3 is 9.73 Å². The maximum absolute atomic E-state index is 12.7. The lowest BCUT2D eigenvalue weighted by molar-refractivity contribution is -0.114. The molecule has 24 heavy (non-hydrogen) atoms. The number of benzene rings is 1. The standard InChI is InChI=1S/C15H15ClN2O5S/c1-11(19)17-12-4-6-14(7-5-12)24(21,22)18(10-15(16)20)9-13-3-2-8-23-13/h2-8H,9-10H2,1H3,(H,17,19). The molecule has 1 amide bonds. The summed E-state index contributed by atoms with van der Waals surface area (Å²) in [5, 5.41) is 1.74. The summed E-state index contributed by atoms with van der Waals surface area (Å²) in [5.74, 6) is 0.115. The number of furan rings is 1. The van der Waals surface area contributed by atoms with Gasteiger partial charge in [0.05, 0.1) is 24.2 Å². The molecule has 0 atom stereocenters. The van der Waals surface area contributed by atoms with Gasteiger partial charge in [-0.05, 0) is 48.0 Å². The minimum absolute atomic E-state index is 0.0268. The average molecular weight is 371 g/mol. The molecule has 0 aliphatic heterocycles. The number of carbonyl (C=O) groups is 2. The Kier molecular flexibility index (Phi) is 5.76. The molecule has 0 saturated carbocycles. The fourth-order valence-corrected chi connectivity index (χ4v) is 3.58. The Morgan fingerprint density at radius 3 is 2.38 bits per heavy atom. The first-order chi connectivity index (χ1) is 11.3. The van der Waals surface area contributed by atoms with Gasteiger partial charge in [0, 0.05) is 12.6 Å². The summed E-state index contributed by atoms with van der Waals surface area (Å²) in [6.45, 7) is 0.737. The van der Waals surface area contributed by atoms with Crippen molar-refractivity contribution in [2.24, 2.45) is 0 Å². The Morgan fingerprint density at radius 2 is 1.88 bits per heavy atom. The van der Waals surface area contributed by atoms with Crippen molar-refractivity contribution >= 4 is 38.5 Å². The van der Waals surface area contributed by atoms with Gasteiger partial charge in [0.2, 0.25) is 21.2 Å². The second-order valence-corrected chi connectivity index (χ2v) is 7.27. The first-order valence-electron chi connectivity index (χ1n) is 6.87. The summed E-state index contributed by atoms with van der Waals surface area (Å²) in [4.78, 5) is 22.2. The lowest BCUT2D eigenvalue weighted by Crippen LogP contribution is -2.33. The third-order valence-electron chi connectivity index (χ3n) is 3.03. The number of anilines is 1. The van der Waals surface area contributed by atoms with E-state index < -0.39 is 21.8 Å². The van der Waals surface area contributed by atoms with E-state index in [9.17, 15) is 18.0 Å². The van der Waals surface area contributed by atoms with E-state index in [-0.39, 0.29) is 17.3 Å². The van der Waals surface area contributed by atoms with E-state index in [4.69, 9.17) is 16.0 Å². The normalized spacial score (nSPS) is 11.5. The number of hydrogen-bond acceptors (Lipinski definition) is 5. The van der Waals surface area contributed by atoms with E-state index in [0.717, 1.165) is 4.31 Å². The van der Waals surface area contributed by atoms with Crippen LogP contribution in [0.4, 0.5) is 5.69 Å².